The predicted molar refractivity (Wildman–Crippen MR) is 99.4 cm³/mol. The molecule has 0 spiro atoms. The average Bonchev–Trinajstić information content (AvgIpc) is 2.61. The van der Waals surface area contributed by atoms with Crippen molar-refractivity contribution in [1.29, 1.82) is 0 Å². The number of hydrogen-bond donors (Lipinski definition) is 2. The molecule has 0 fully saturated rings. The van der Waals surface area contributed by atoms with Crippen molar-refractivity contribution in [2.75, 3.05) is 20.6 Å². The Kier molecular flexibility index (Phi) is 8.95. The van der Waals surface area contributed by atoms with Crippen molar-refractivity contribution in [3.05, 3.63) is 65.5 Å². The lowest BCUT2D eigenvalue weighted by molar-refractivity contribution is -0.159. The van der Waals surface area contributed by atoms with E-state index in [0.29, 0.717) is 0 Å². The van der Waals surface area contributed by atoms with Gasteiger partial charge in [-0.2, -0.15) is 0 Å². The van der Waals surface area contributed by atoms with Gasteiger partial charge in [-0.05, 0) is 50.3 Å². The number of carboxylic acids is 2. The molecule has 0 aliphatic heterocycles. The second kappa shape index (κ2) is 10.9. The van der Waals surface area contributed by atoms with E-state index in [0.717, 1.165) is 29.8 Å². The van der Waals surface area contributed by atoms with Gasteiger partial charge < -0.3 is 19.8 Å². The molecule has 7 heteroatoms. The minimum atomic E-state index is -1.82. The van der Waals surface area contributed by atoms with Crippen molar-refractivity contribution in [2.45, 2.75) is 19.4 Å². The Hall–Kier alpha value is -2.93. The number of carbonyl (C=O) groups is 2. The molecule has 2 rings (SSSR count). The average molecular weight is 377 g/mol. The Morgan fingerprint density at radius 3 is 2.15 bits per heavy atom. The van der Waals surface area contributed by atoms with Gasteiger partial charge in [0.1, 0.15) is 17.7 Å². The van der Waals surface area contributed by atoms with Crippen LogP contribution in [-0.4, -0.2) is 47.7 Å². The first-order valence-corrected chi connectivity index (χ1v) is 8.29. The first-order chi connectivity index (χ1) is 12.7. The smallest absolute Gasteiger partial charge is 0.414 e. The molecule has 0 saturated carbocycles. The van der Waals surface area contributed by atoms with Crippen molar-refractivity contribution in [2.24, 2.45) is 0 Å². The van der Waals surface area contributed by atoms with E-state index in [1.807, 2.05) is 39.2 Å². The fourth-order valence-corrected chi connectivity index (χ4v) is 2.24. The number of carboxylic acid groups (broad SMARTS) is 2. The number of benzene rings is 2. The Balaban J connectivity index is 0.000000527. The lowest BCUT2D eigenvalue weighted by atomic mass is 10.1. The first kappa shape index (κ1) is 22.1. The summed E-state index contributed by atoms with van der Waals surface area (Å²) in [5, 5.41) is 14.8. The monoisotopic (exact) mass is 377 g/mol. The fraction of sp³-hybridized carbons (Fsp3) is 0.300. The van der Waals surface area contributed by atoms with E-state index in [1.165, 1.54) is 12.1 Å². The first-order valence-electron chi connectivity index (χ1n) is 8.29. The highest BCUT2D eigenvalue weighted by atomic mass is 19.1. The highest BCUT2D eigenvalue weighted by Crippen LogP contribution is 2.27. The van der Waals surface area contributed by atoms with E-state index in [1.54, 1.807) is 6.07 Å². The van der Waals surface area contributed by atoms with E-state index in [4.69, 9.17) is 24.5 Å². The largest absolute Gasteiger partial charge is 0.485 e. The molecule has 0 heterocycles. The maximum atomic E-state index is 13.2. The van der Waals surface area contributed by atoms with Gasteiger partial charge in [-0.25, -0.2) is 14.0 Å². The van der Waals surface area contributed by atoms with Gasteiger partial charge in [0.05, 0.1) is 0 Å². The predicted octanol–water partition coefficient (Wildman–Crippen LogP) is 3.36. The van der Waals surface area contributed by atoms with Crippen LogP contribution >= 0.6 is 0 Å². The van der Waals surface area contributed by atoms with E-state index < -0.39 is 11.9 Å². The molecule has 0 aliphatic carbocycles. The van der Waals surface area contributed by atoms with Crippen molar-refractivity contribution in [3.63, 3.8) is 0 Å². The van der Waals surface area contributed by atoms with Gasteiger partial charge >= 0.3 is 11.9 Å². The minimum Gasteiger partial charge on any atom is -0.485 e. The van der Waals surface area contributed by atoms with Gasteiger partial charge in [0.2, 0.25) is 0 Å². The van der Waals surface area contributed by atoms with E-state index in [-0.39, 0.29) is 11.9 Å². The van der Waals surface area contributed by atoms with Crippen LogP contribution in [-0.2, 0) is 9.59 Å². The Labute approximate surface area is 157 Å². The van der Waals surface area contributed by atoms with Crippen LogP contribution in [0.3, 0.4) is 0 Å². The zero-order chi connectivity index (χ0) is 20.4. The van der Waals surface area contributed by atoms with Crippen LogP contribution in [0, 0.1) is 12.7 Å². The zero-order valence-electron chi connectivity index (χ0n) is 15.6. The second-order valence-corrected chi connectivity index (χ2v) is 6.13. The topological polar surface area (TPSA) is 87.1 Å². The van der Waals surface area contributed by atoms with Crippen molar-refractivity contribution in [3.8, 4) is 5.75 Å². The summed E-state index contributed by atoms with van der Waals surface area (Å²) < 4.78 is 19.3. The van der Waals surface area contributed by atoms with Gasteiger partial charge in [-0.15, -0.1) is 0 Å². The van der Waals surface area contributed by atoms with Crippen LogP contribution in [0.15, 0.2) is 48.5 Å². The summed E-state index contributed by atoms with van der Waals surface area (Å²) in [6.07, 6.45) is 0.853. The van der Waals surface area contributed by atoms with Crippen molar-refractivity contribution < 1.29 is 28.9 Å². The maximum Gasteiger partial charge on any atom is 0.414 e. The number of rotatable bonds is 6. The lowest BCUT2D eigenvalue weighted by Gasteiger charge is -2.22. The minimum absolute atomic E-state index is 0.0299. The summed E-state index contributed by atoms with van der Waals surface area (Å²) in [4.78, 5) is 20.3. The number of aliphatic carboxylic acids is 2. The van der Waals surface area contributed by atoms with Gasteiger partial charge in [0.25, 0.3) is 0 Å². The summed E-state index contributed by atoms with van der Waals surface area (Å²) in [6.45, 7) is 2.80. The molecule has 1 atom stereocenters. The molecule has 0 bridgehead atoms. The molecule has 2 aromatic carbocycles. The molecule has 6 nitrogen and oxygen atoms in total. The van der Waals surface area contributed by atoms with Crippen LogP contribution in [0.2, 0.25) is 0 Å². The van der Waals surface area contributed by atoms with Crippen LogP contribution in [0.4, 0.5) is 4.39 Å². The third kappa shape index (κ3) is 8.33. The summed E-state index contributed by atoms with van der Waals surface area (Å²) in [5.41, 5.74) is 1.96. The fourth-order valence-electron chi connectivity index (χ4n) is 2.24. The number of ether oxygens (including phenoxy) is 1. The van der Waals surface area contributed by atoms with Crippen LogP contribution in [0.1, 0.15) is 23.7 Å². The SMILES string of the molecule is Cc1cc(F)ccc1OC(CCN(C)C)c1ccccc1.O=C(O)C(=O)O. The molecule has 27 heavy (non-hydrogen) atoms. The summed E-state index contributed by atoms with van der Waals surface area (Å²) in [6, 6.07) is 14.8. The molecular formula is C20H24FNO5. The van der Waals surface area contributed by atoms with Crippen LogP contribution in [0.25, 0.3) is 0 Å². The molecule has 2 N–H and O–H groups in total. The van der Waals surface area contributed by atoms with Crippen LogP contribution in [0.5, 0.6) is 5.75 Å². The summed E-state index contributed by atoms with van der Waals surface area (Å²) in [7, 11) is 4.09. The zero-order valence-corrected chi connectivity index (χ0v) is 15.6. The quantitative estimate of drug-likeness (QED) is 0.751. The Bertz CT molecular complexity index is 737. The molecule has 1 unspecified atom stereocenters. The van der Waals surface area contributed by atoms with Gasteiger partial charge in [-0.1, -0.05) is 30.3 Å². The van der Waals surface area contributed by atoms with E-state index in [9.17, 15) is 4.39 Å². The molecule has 0 amide bonds. The van der Waals surface area contributed by atoms with E-state index in [2.05, 4.69) is 17.0 Å². The van der Waals surface area contributed by atoms with Gasteiger partial charge in [0.15, 0.2) is 0 Å². The van der Waals surface area contributed by atoms with Gasteiger partial charge in [0, 0.05) is 13.0 Å². The molecule has 0 saturated heterocycles. The number of aryl methyl sites for hydroxylation is 1. The molecule has 0 radical (unpaired) electrons. The standard InChI is InChI=1S/C18H22FNO.C2H2O4/c1-14-13-16(19)9-10-17(14)21-18(11-12-20(2)3)15-7-5-4-6-8-15;3-1(4)2(5)6/h4-10,13,18H,11-12H2,1-3H3;(H,3,4)(H,5,6). The molecule has 0 aliphatic rings. The number of nitrogens with zero attached hydrogens (tertiary/aromatic N) is 1. The molecular weight excluding hydrogens is 353 g/mol. The lowest BCUT2D eigenvalue weighted by Crippen LogP contribution is -2.19. The Morgan fingerprint density at radius 2 is 1.67 bits per heavy atom. The van der Waals surface area contributed by atoms with Crippen molar-refractivity contribution >= 4 is 11.9 Å². The highest BCUT2D eigenvalue weighted by molar-refractivity contribution is 6.27. The Morgan fingerprint density at radius 1 is 1.07 bits per heavy atom. The van der Waals surface area contributed by atoms with Crippen LogP contribution < -0.4 is 4.74 Å². The highest BCUT2D eigenvalue weighted by Gasteiger charge is 2.15. The number of hydrogen-bond acceptors (Lipinski definition) is 4. The van der Waals surface area contributed by atoms with Crippen molar-refractivity contribution in [1.82, 2.24) is 4.90 Å². The third-order valence-electron chi connectivity index (χ3n) is 3.60. The summed E-state index contributed by atoms with van der Waals surface area (Å²) in [5.74, 6) is -3.14. The normalized spacial score (nSPS) is 11.3. The third-order valence-corrected chi connectivity index (χ3v) is 3.60. The second-order valence-electron chi connectivity index (χ2n) is 6.13. The summed E-state index contributed by atoms with van der Waals surface area (Å²) >= 11 is 0. The molecule has 146 valence electrons. The molecule has 0 aromatic heterocycles. The molecule has 2 aromatic rings. The number of halogens is 1. The van der Waals surface area contributed by atoms with E-state index >= 15 is 0 Å². The van der Waals surface area contributed by atoms with Gasteiger partial charge in [-0.3, -0.25) is 0 Å². The maximum absolute atomic E-state index is 13.2.